The third kappa shape index (κ3) is 27.6. The Hall–Kier alpha value is -1.22. The van der Waals surface area contributed by atoms with Crippen LogP contribution in [0.5, 0.6) is 0 Å². The Labute approximate surface area is 258 Å². The van der Waals surface area contributed by atoms with Gasteiger partial charge in [0.2, 0.25) is 5.91 Å². The predicted octanol–water partition coefficient (Wildman–Crippen LogP) is 8.21. The van der Waals surface area contributed by atoms with Crippen molar-refractivity contribution in [2.75, 3.05) is 5.75 Å². The summed E-state index contributed by atoms with van der Waals surface area (Å²) in [5.74, 6) is -1.56. The Morgan fingerprint density at radius 1 is 0.643 bits per heavy atom. The van der Waals surface area contributed by atoms with E-state index in [-0.39, 0.29) is 6.42 Å². The van der Waals surface area contributed by atoms with Gasteiger partial charge in [-0.15, -0.1) is 0 Å². The average Bonchev–Trinajstić information content (AvgIpc) is 2.94. The molecular formula is C34H65NO6S. The molecule has 0 saturated heterocycles. The first-order valence-corrected chi connectivity index (χ1v) is 18.8. The van der Waals surface area contributed by atoms with E-state index in [1.807, 2.05) is 6.08 Å². The fourth-order valence-electron chi connectivity index (χ4n) is 5.07. The second kappa shape index (κ2) is 28.5. The molecule has 0 fully saturated rings. The molecule has 3 unspecified atom stereocenters. The van der Waals surface area contributed by atoms with Crippen molar-refractivity contribution in [3.63, 3.8) is 0 Å². The zero-order chi connectivity index (χ0) is 31.3. The maximum absolute atomic E-state index is 12.5. The van der Waals surface area contributed by atoms with Gasteiger partial charge in [-0.2, -0.15) is 8.42 Å². The maximum atomic E-state index is 12.5. The van der Waals surface area contributed by atoms with Gasteiger partial charge in [-0.3, -0.25) is 9.35 Å². The molecule has 0 heterocycles. The minimum atomic E-state index is -4.43. The van der Waals surface area contributed by atoms with E-state index in [0.29, 0.717) is 12.8 Å². The maximum Gasteiger partial charge on any atom is 0.267 e. The number of rotatable bonds is 30. The van der Waals surface area contributed by atoms with E-state index in [2.05, 4.69) is 25.2 Å². The standard InChI is InChI=1S/C34H65NO6S/c1-3-5-7-9-11-12-13-14-15-16-17-18-19-20-21-23-25-27-29-33(37)34(38)35-31(30-42(39,40)41)32(36)28-26-24-22-10-8-6-4-2/h8,10,26,28,31-33,36-37H,3-7,9,11-25,27,29-30H2,1-2H3,(H,35,38)(H,39,40,41)/b10-8+,28-26+. The smallest absolute Gasteiger partial charge is 0.267 e. The molecule has 4 N–H and O–H groups in total. The lowest BCUT2D eigenvalue weighted by atomic mass is 10.0. The minimum Gasteiger partial charge on any atom is -0.387 e. The molecule has 0 aromatic heterocycles. The highest BCUT2D eigenvalue weighted by molar-refractivity contribution is 7.85. The second-order valence-corrected chi connectivity index (χ2v) is 13.4. The molecule has 8 heteroatoms. The highest BCUT2D eigenvalue weighted by atomic mass is 32.2. The van der Waals surface area contributed by atoms with Gasteiger partial charge in [-0.1, -0.05) is 160 Å². The van der Waals surface area contributed by atoms with Crippen LogP contribution < -0.4 is 5.32 Å². The van der Waals surface area contributed by atoms with E-state index in [1.54, 1.807) is 6.08 Å². The van der Waals surface area contributed by atoms with Gasteiger partial charge in [-0.25, -0.2) is 0 Å². The summed E-state index contributed by atoms with van der Waals surface area (Å²) in [5, 5.41) is 23.1. The number of unbranched alkanes of at least 4 members (excludes halogenated alkanes) is 19. The lowest BCUT2D eigenvalue weighted by Crippen LogP contribution is -2.50. The highest BCUT2D eigenvalue weighted by Crippen LogP contribution is 2.15. The number of hydrogen-bond donors (Lipinski definition) is 4. The van der Waals surface area contributed by atoms with Crippen molar-refractivity contribution in [1.82, 2.24) is 5.32 Å². The number of hydrogen-bond acceptors (Lipinski definition) is 5. The first-order valence-electron chi connectivity index (χ1n) is 17.1. The van der Waals surface area contributed by atoms with Gasteiger partial charge >= 0.3 is 0 Å². The van der Waals surface area contributed by atoms with Crippen molar-refractivity contribution in [1.29, 1.82) is 0 Å². The van der Waals surface area contributed by atoms with Crippen molar-refractivity contribution in [2.45, 2.75) is 180 Å². The molecule has 0 aliphatic heterocycles. The van der Waals surface area contributed by atoms with Crippen molar-refractivity contribution in [2.24, 2.45) is 0 Å². The number of carbonyl (C=O) groups is 1. The SMILES string of the molecule is CCC/C=C/CC/C=C/C(O)C(CS(=O)(=O)O)NC(=O)C(O)CCCCCCCCCCCCCCCCCCCC. The third-order valence-corrected chi connectivity index (χ3v) is 8.50. The normalized spacial score (nSPS) is 14.5. The predicted molar refractivity (Wildman–Crippen MR) is 176 cm³/mol. The Kier molecular flexibility index (Phi) is 27.7. The van der Waals surface area contributed by atoms with Crippen LogP contribution in [0.3, 0.4) is 0 Å². The fraction of sp³-hybridized carbons (Fsp3) is 0.853. The molecule has 0 radical (unpaired) electrons. The molecule has 0 aromatic carbocycles. The van der Waals surface area contributed by atoms with Gasteiger partial charge in [0.05, 0.1) is 17.9 Å². The van der Waals surface area contributed by atoms with Crippen LogP contribution in [0, 0.1) is 0 Å². The van der Waals surface area contributed by atoms with Gasteiger partial charge in [0.25, 0.3) is 10.1 Å². The number of amides is 1. The van der Waals surface area contributed by atoms with Gasteiger partial charge < -0.3 is 15.5 Å². The Balaban J connectivity index is 3.98. The summed E-state index contributed by atoms with van der Waals surface area (Å²) in [5.41, 5.74) is 0. The van der Waals surface area contributed by atoms with Crippen molar-refractivity contribution >= 4 is 16.0 Å². The van der Waals surface area contributed by atoms with Gasteiger partial charge in [0.15, 0.2) is 0 Å². The lowest BCUT2D eigenvalue weighted by molar-refractivity contribution is -0.130. The summed E-state index contributed by atoms with van der Waals surface area (Å²) in [7, 11) is -4.43. The van der Waals surface area contributed by atoms with E-state index in [0.717, 1.165) is 38.5 Å². The average molecular weight is 616 g/mol. The summed E-state index contributed by atoms with van der Waals surface area (Å²) in [6.45, 7) is 4.36. The van der Waals surface area contributed by atoms with Crippen LogP contribution in [0.2, 0.25) is 0 Å². The summed E-state index contributed by atoms with van der Waals surface area (Å²) in [6, 6.07) is -1.24. The molecule has 0 aliphatic rings. The Morgan fingerprint density at radius 3 is 1.52 bits per heavy atom. The zero-order valence-electron chi connectivity index (χ0n) is 27.0. The summed E-state index contributed by atoms with van der Waals surface area (Å²) >= 11 is 0. The monoisotopic (exact) mass is 615 g/mol. The lowest BCUT2D eigenvalue weighted by Gasteiger charge is -2.22. The van der Waals surface area contributed by atoms with Crippen molar-refractivity contribution in [3.8, 4) is 0 Å². The van der Waals surface area contributed by atoms with E-state index >= 15 is 0 Å². The van der Waals surface area contributed by atoms with Crippen LogP contribution in [0.15, 0.2) is 24.3 Å². The molecule has 0 bridgehead atoms. The summed E-state index contributed by atoms with van der Waals surface area (Å²) in [6.07, 6.45) is 31.3. The second-order valence-electron chi connectivity index (χ2n) is 11.9. The largest absolute Gasteiger partial charge is 0.387 e. The molecule has 0 spiro atoms. The minimum absolute atomic E-state index is 0.277. The fourth-order valence-corrected chi connectivity index (χ4v) is 5.80. The van der Waals surface area contributed by atoms with Crippen molar-refractivity contribution < 1.29 is 28.0 Å². The first kappa shape index (κ1) is 40.8. The van der Waals surface area contributed by atoms with Gasteiger partial charge in [0, 0.05) is 0 Å². The number of nitrogens with one attached hydrogen (secondary N) is 1. The van der Waals surface area contributed by atoms with E-state index in [1.165, 1.54) is 96.0 Å². The highest BCUT2D eigenvalue weighted by Gasteiger charge is 2.27. The van der Waals surface area contributed by atoms with Crippen LogP contribution in [0.1, 0.15) is 162 Å². The molecule has 0 saturated carbocycles. The van der Waals surface area contributed by atoms with E-state index < -0.39 is 40.0 Å². The van der Waals surface area contributed by atoms with Crippen LogP contribution >= 0.6 is 0 Å². The molecule has 0 aromatic rings. The third-order valence-electron chi connectivity index (χ3n) is 7.72. The summed E-state index contributed by atoms with van der Waals surface area (Å²) in [4.78, 5) is 12.5. The topological polar surface area (TPSA) is 124 Å². The Morgan fingerprint density at radius 2 is 1.07 bits per heavy atom. The summed E-state index contributed by atoms with van der Waals surface area (Å²) < 4.78 is 32.1. The van der Waals surface area contributed by atoms with Crippen molar-refractivity contribution in [3.05, 3.63) is 24.3 Å². The molecular weight excluding hydrogens is 550 g/mol. The quantitative estimate of drug-likeness (QED) is 0.0367. The van der Waals surface area contributed by atoms with Crippen LogP contribution in [-0.2, 0) is 14.9 Å². The molecule has 3 atom stereocenters. The molecule has 0 rings (SSSR count). The number of carbonyl (C=O) groups excluding carboxylic acids is 1. The van der Waals surface area contributed by atoms with Crippen LogP contribution in [-0.4, -0.2) is 53.1 Å². The zero-order valence-corrected chi connectivity index (χ0v) is 27.8. The Bertz CT molecular complexity index is 783. The number of aliphatic hydroxyl groups excluding tert-OH is 2. The van der Waals surface area contributed by atoms with E-state index in [4.69, 9.17) is 0 Å². The van der Waals surface area contributed by atoms with Crippen LogP contribution in [0.4, 0.5) is 0 Å². The first-order chi connectivity index (χ1) is 20.2. The van der Waals surface area contributed by atoms with Gasteiger partial charge in [0.1, 0.15) is 6.10 Å². The molecule has 7 nitrogen and oxygen atoms in total. The van der Waals surface area contributed by atoms with Gasteiger partial charge in [-0.05, 0) is 25.7 Å². The molecule has 42 heavy (non-hydrogen) atoms. The van der Waals surface area contributed by atoms with Crippen LogP contribution in [0.25, 0.3) is 0 Å². The molecule has 248 valence electrons. The molecule has 1 amide bonds. The van der Waals surface area contributed by atoms with E-state index in [9.17, 15) is 28.0 Å². The number of allylic oxidation sites excluding steroid dienone is 3. The molecule has 0 aliphatic carbocycles. The number of aliphatic hydroxyl groups is 2.